The Morgan fingerprint density at radius 3 is 1.14 bits per heavy atom. The molecule has 22 heteroatoms. The fraction of sp³-hybridized carbons (Fsp3) is 0.182. The van der Waals surface area contributed by atoms with Gasteiger partial charge in [-0.3, -0.25) is 28.8 Å². The second-order valence-corrected chi connectivity index (χ2v) is 17.0. The van der Waals surface area contributed by atoms with Gasteiger partial charge >= 0.3 is 0 Å². The van der Waals surface area contributed by atoms with E-state index in [1.807, 2.05) is 13.8 Å². The Morgan fingerprint density at radius 1 is 0.455 bits per heavy atom. The number of benzene rings is 5. The molecule has 66 heavy (non-hydrogen) atoms. The van der Waals surface area contributed by atoms with E-state index in [1.54, 1.807) is 0 Å². The first-order chi connectivity index (χ1) is 31.3. The molecule has 0 saturated heterocycles. The molecule has 0 aliphatic carbocycles. The number of ketones is 2. The molecule has 0 saturated carbocycles. The number of nitrogens with one attached hydrogen (secondary N) is 4. The highest BCUT2D eigenvalue weighted by Crippen LogP contribution is 2.39. The maximum absolute atomic E-state index is 13.6. The van der Waals surface area contributed by atoms with Crippen molar-refractivity contribution in [2.45, 2.75) is 52.6 Å². The van der Waals surface area contributed by atoms with E-state index >= 15 is 0 Å². The molecule has 5 aromatic rings. The highest BCUT2D eigenvalue weighted by Gasteiger charge is 2.28. The van der Waals surface area contributed by atoms with Crippen LogP contribution in [0.4, 0.5) is 34.1 Å². The summed E-state index contributed by atoms with van der Waals surface area (Å²) >= 11 is 49.7. The van der Waals surface area contributed by atoms with Gasteiger partial charge in [-0.05, 0) is 98.5 Å². The van der Waals surface area contributed by atoms with E-state index in [0.717, 1.165) is 13.8 Å². The van der Waals surface area contributed by atoms with Crippen LogP contribution >= 0.6 is 92.8 Å². The SMILES string of the molecule is CCc1c(NC(=O)C(N=Nc2cccc(C(=O)Nc3ccc(Cl)c(Cl)c3Cl)c2Cl)C(C)=O)ccc(NC(=O)C(N=Nc2cccc(C(=O)Nc3ccc(Cl)c(Cl)c3Cl)c2Cl)C(C)=O)c1CC. The number of amides is 4. The molecular formula is C44H34Cl8N8O6. The number of hydrogen-bond donors (Lipinski definition) is 4. The number of azo groups is 2. The molecule has 342 valence electrons. The van der Waals surface area contributed by atoms with Gasteiger partial charge in [0.2, 0.25) is 12.1 Å². The van der Waals surface area contributed by atoms with Gasteiger partial charge in [0.25, 0.3) is 23.6 Å². The summed E-state index contributed by atoms with van der Waals surface area (Å²) < 4.78 is 0. The van der Waals surface area contributed by atoms with Gasteiger partial charge in [0.05, 0.1) is 62.7 Å². The lowest BCUT2D eigenvalue weighted by Crippen LogP contribution is -2.33. The number of Topliss-reactive ketones (excluding diaryl/α,β-unsaturated/α-hetero) is 2. The molecule has 0 bridgehead atoms. The standard InChI is InChI=1S/C44H34Cl8N8O6/c1-5-21-22(6-2)28(54-44(66)40(20(4)62)60-58-32-12-8-10-24(34(32)48)42(64)56-30-16-14-26(46)36(50)38(30)52)18-17-27(21)53-43(65)39(19(3)61)59-57-31-11-7-9-23(33(31)47)41(63)55-29-15-13-25(45)35(49)37(29)51/h7-18,39-40H,5-6H2,1-4H3,(H,53,65)(H,54,66)(H,55,63)(H,56,64). The molecule has 5 aromatic carbocycles. The van der Waals surface area contributed by atoms with Gasteiger partial charge in [-0.25, -0.2) is 0 Å². The van der Waals surface area contributed by atoms with Crippen LogP contribution in [0.5, 0.6) is 0 Å². The van der Waals surface area contributed by atoms with Gasteiger partial charge in [0, 0.05) is 11.4 Å². The van der Waals surface area contributed by atoms with Crippen molar-refractivity contribution in [3.63, 3.8) is 0 Å². The topological polar surface area (TPSA) is 200 Å². The summed E-state index contributed by atoms with van der Waals surface area (Å²) in [6, 6.07) is 14.3. The minimum Gasteiger partial charge on any atom is -0.323 e. The highest BCUT2D eigenvalue weighted by atomic mass is 35.5. The summed E-state index contributed by atoms with van der Waals surface area (Å²) in [5, 5.41) is 27.0. The summed E-state index contributed by atoms with van der Waals surface area (Å²) in [6.45, 7) is 5.96. The van der Waals surface area contributed by atoms with Crippen LogP contribution in [0.2, 0.25) is 40.2 Å². The third kappa shape index (κ3) is 12.0. The van der Waals surface area contributed by atoms with Gasteiger partial charge in [-0.15, -0.1) is 0 Å². The molecule has 0 heterocycles. The smallest absolute Gasteiger partial charge is 0.258 e. The summed E-state index contributed by atoms with van der Waals surface area (Å²) in [7, 11) is 0. The molecule has 5 rings (SSSR count). The monoisotopic (exact) mass is 1050 g/mol. The van der Waals surface area contributed by atoms with Gasteiger partial charge in [0.1, 0.15) is 11.4 Å². The van der Waals surface area contributed by atoms with E-state index in [2.05, 4.69) is 41.7 Å². The van der Waals surface area contributed by atoms with Crippen LogP contribution in [-0.2, 0) is 32.0 Å². The number of carbonyl (C=O) groups is 6. The average Bonchev–Trinajstić information content (AvgIpc) is 3.27. The van der Waals surface area contributed by atoms with Crippen LogP contribution in [0.25, 0.3) is 0 Å². The zero-order valence-electron chi connectivity index (χ0n) is 34.8. The van der Waals surface area contributed by atoms with E-state index in [-0.39, 0.29) is 74.1 Å². The molecule has 4 N–H and O–H groups in total. The van der Waals surface area contributed by atoms with Crippen molar-refractivity contribution in [1.29, 1.82) is 0 Å². The van der Waals surface area contributed by atoms with E-state index < -0.39 is 47.3 Å². The van der Waals surface area contributed by atoms with E-state index in [4.69, 9.17) is 92.8 Å². The first-order valence-corrected chi connectivity index (χ1v) is 22.4. The fourth-order valence-electron chi connectivity index (χ4n) is 6.18. The molecule has 14 nitrogen and oxygen atoms in total. The Balaban J connectivity index is 1.32. The average molecular weight is 1050 g/mol. The minimum atomic E-state index is -1.63. The predicted octanol–water partition coefficient (Wildman–Crippen LogP) is 13.9. The van der Waals surface area contributed by atoms with Gasteiger partial charge in [-0.2, -0.15) is 20.5 Å². The second kappa shape index (κ2) is 23.0. The molecular weight excluding hydrogens is 1020 g/mol. The molecule has 4 amide bonds. The van der Waals surface area contributed by atoms with Crippen molar-refractivity contribution in [1.82, 2.24) is 0 Å². The number of anilines is 4. The Morgan fingerprint density at radius 2 is 0.803 bits per heavy atom. The summed E-state index contributed by atoms with van der Waals surface area (Å²) in [4.78, 5) is 79.0. The Kier molecular flexibility index (Phi) is 18.1. The molecule has 0 aliphatic rings. The number of carbonyl (C=O) groups excluding carboxylic acids is 6. The van der Waals surface area contributed by atoms with Gasteiger partial charge in [0.15, 0.2) is 11.6 Å². The maximum Gasteiger partial charge on any atom is 0.258 e. The van der Waals surface area contributed by atoms with Crippen LogP contribution in [0.15, 0.2) is 93.3 Å². The highest BCUT2D eigenvalue weighted by molar-refractivity contribution is 6.50. The van der Waals surface area contributed by atoms with Crippen LogP contribution in [0.1, 0.15) is 59.5 Å². The first kappa shape index (κ1) is 51.8. The second-order valence-electron chi connectivity index (χ2n) is 13.9. The van der Waals surface area contributed by atoms with Crippen molar-refractivity contribution < 1.29 is 28.8 Å². The first-order valence-electron chi connectivity index (χ1n) is 19.3. The molecule has 0 fully saturated rings. The normalized spacial score (nSPS) is 12.2. The summed E-state index contributed by atoms with van der Waals surface area (Å²) in [6.07, 6.45) is 0.727. The Hall–Kier alpha value is -5.16. The molecule has 0 radical (unpaired) electrons. The largest absolute Gasteiger partial charge is 0.323 e. The van der Waals surface area contributed by atoms with Crippen LogP contribution in [-0.4, -0.2) is 47.3 Å². The van der Waals surface area contributed by atoms with Crippen molar-refractivity contribution in [3.05, 3.63) is 135 Å². The van der Waals surface area contributed by atoms with E-state index in [9.17, 15) is 28.8 Å². The molecule has 0 spiro atoms. The third-order valence-electron chi connectivity index (χ3n) is 9.50. The number of rotatable bonds is 16. The number of nitrogens with zero attached hydrogens (tertiary/aromatic N) is 4. The van der Waals surface area contributed by atoms with E-state index in [0.29, 0.717) is 35.3 Å². The fourth-order valence-corrected chi connectivity index (χ4v) is 7.85. The zero-order valence-corrected chi connectivity index (χ0v) is 40.8. The van der Waals surface area contributed by atoms with Crippen LogP contribution in [0.3, 0.4) is 0 Å². The minimum absolute atomic E-state index is 0.0132. The molecule has 2 atom stereocenters. The van der Waals surface area contributed by atoms with E-state index in [1.165, 1.54) is 72.8 Å². The summed E-state index contributed by atoms with van der Waals surface area (Å²) in [5.74, 6) is -4.28. The predicted molar refractivity (Wildman–Crippen MR) is 262 cm³/mol. The van der Waals surface area contributed by atoms with Gasteiger partial charge in [-0.1, -0.05) is 119 Å². The van der Waals surface area contributed by atoms with Gasteiger partial charge < -0.3 is 21.3 Å². The van der Waals surface area contributed by atoms with Crippen molar-refractivity contribution in [3.8, 4) is 0 Å². The molecule has 0 aromatic heterocycles. The lowest BCUT2D eigenvalue weighted by Gasteiger charge is -2.20. The Labute approximate surface area is 417 Å². The quantitative estimate of drug-likeness (QED) is 0.0430. The third-order valence-corrected chi connectivity index (χ3v) is 12.9. The zero-order chi connectivity index (χ0) is 48.6. The van der Waals surface area contributed by atoms with Crippen LogP contribution < -0.4 is 21.3 Å². The maximum atomic E-state index is 13.6. The van der Waals surface area contributed by atoms with Crippen molar-refractivity contribution in [2.75, 3.05) is 21.3 Å². The molecule has 0 aliphatic heterocycles. The van der Waals surface area contributed by atoms with Crippen LogP contribution in [0, 0.1) is 0 Å². The lowest BCUT2D eigenvalue weighted by molar-refractivity contribution is -0.127. The summed E-state index contributed by atoms with van der Waals surface area (Å²) in [5.41, 5.74) is 2.13. The number of hydrogen-bond acceptors (Lipinski definition) is 10. The number of halogens is 8. The lowest BCUT2D eigenvalue weighted by atomic mass is 9.98. The van der Waals surface area contributed by atoms with Crippen molar-refractivity contribution >= 4 is 162 Å². The van der Waals surface area contributed by atoms with Crippen molar-refractivity contribution in [2.24, 2.45) is 20.5 Å². The molecule has 2 unspecified atom stereocenters. The Bertz CT molecular complexity index is 2670.